The second kappa shape index (κ2) is 8.01. The summed E-state index contributed by atoms with van der Waals surface area (Å²) in [5, 5.41) is 2.65. The van der Waals surface area contributed by atoms with Gasteiger partial charge >= 0.3 is 0 Å². The van der Waals surface area contributed by atoms with Gasteiger partial charge in [0.05, 0.1) is 4.90 Å². The van der Waals surface area contributed by atoms with Crippen molar-refractivity contribution in [1.82, 2.24) is 4.90 Å². The van der Waals surface area contributed by atoms with E-state index in [9.17, 15) is 18.0 Å². The molecule has 0 aliphatic rings. The molecule has 7 nitrogen and oxygen atoms in total. The fourth-order valence-electron chi connectivity index (χ4n) is 2.12. The molecule has 2 aromatic rings. The van der Waals surface area contributed by atoms with Gasteiger partial charge in [0, 0.05) is 31.6 Å². The number of nitrogens with one attached hydrogen (secondary N) is 1. The Morgan fingerprint density at radius 3 is 2.31 bits per heavy atom. The number of ether oxygens (including phenoxy) is 1. The molecule has 0 aliphatic carbocycles. The predicted molar refractivity (Wildman–Crippen MR) is 98.1 cm³/mol. The van der Waals surface area contributed by atoms with Crippen LogP contribution >= 0.6 is 0 Å². The minimum absolute atomic E-state index is 0.164. The second-order valence-electron chi connectivity index (χ2n) is 5.86. The number of anilines is 1. The normalized spacial score (nSPS) is 10.9. The molecule has 0 saturated heterocycles. The summed E-state index contributed by atoms with van der Waals surface area (Å²) in [5.74, 6) is -0.181. The smallest absolute Gasteiger partial charge is 0.262 e. The minimum atomic E-state index is -3.27. The Bertz CT molecular complexity index is 905. The number of carbonyl (C=O) groups is 2. The van der Waals surface area contributed by atoms with Gasteiger partial charge in [0.15, 0.2) is 16.4 Å². The van der Waals surface area contributed by atoms with Gasteiger partial charge in [-0.3, -0.25) is 9.59 Å². The van der Waals surface area contributed by atoms with E-state index in [1.165, 1.54) is 29.2 Å². The Kier molecular flexibility index (Phi) is 5.99. The number of rotatable bonds is 6. The quantitative estimate of drug-likeness (QED) is 0.830. The fourth-order valence-corrected chi connectivity index (χ4v) is 2.75. The molecule has 2 rings (SSSR count). The van der Waals surface area contributed by atoms with Gasteiger partial charge in [0.25, 0.3) is 11.8 Å². The number of sulfone groups is 1. The first kappa shape index (κ1) is 19.5. The molecule has 2 amide bonds. The molecule has 26 heavy (non-hydrogen) atoms. The topological polar surface area (TPSA) is 92.8 Å². The third kappa shape index (κ3) is 5.32. The highest BCUT2D eigenvalue weighted by Gasteiger charge is 2.10. The molecule has 0 heterocycles. The van der Waals surface area contributed by atoms with Crippen LogP contribution in [0.5, 0.6) is 5.75 Å². The Morgan fingerprint density at radius 2 is 1.73 bits per heavy atom. The van der Waals surface area contributed by atoms with Crippen molar-refractivity contribution in [3.63, 3.8) is 0 Å². The molecular weight excluding hydrogens is 356 g/mol. The van der Waals surface area contributed by atoms with Crippen LogP contribution in [0.4, 0.5) is 5.69 Å². The lowest BCUT2D eigenvalue weighted by Crippen LogP contribution is -2.23. The molecule has 8 heteroatoms. The molecule has 2 aromatic carbocycles. The van der Waals surface area contributed by atoms with Crippen LogP contribution in [-0.2, 0) is 14.6 Å². The zero-order valence-corrected chi connectivity index (χ0v) is 15.5. The number of benzene rings is 2. The second-order valence-corrected chi connectivity index (χ2v) is 7.88. The van der Waals surface area contributed by atoms with Gasteiger partial charge in [-0.1, -0.05) is 6.07 Å². The van der Waals surface area contributed by atoms with Crippen molar-refractivity contribution >= 4 is 27.3 Å². The summed E-state index contributed by atoms with van der Waals surface area (Å²) in [6.07, 6.45) is 1.12. The Morgan fingerprint density at radius 1 is 1.08 bits per heavy atom. The molecule has 0 radical (unpaired) electrons. The number of hydrogen-bond acceptors (Lipinski definition) is 5. The van der Waals surface area contributed by atoms with Gasteiger partial charge in [-0.05, 0) is 42.5 Å². The average Bonchev–Trinajstić information content (AvgIpc) is 2.59. The van der Waals surface area contributed by atoms with Crippen molar-refractivity contribution in [2.75, 3.05) is 32.3 Å². The number of carbonyl (C=O) groups excluding carboxylic acids is 2. The lowest BCUT2D eigenvalue weighted by molar-refractivity contribution is -0.118. The van der Waals surface area contributed by atoms with E-state index in [1.54, 1.807) is 38.4 Å². The van der Waals surface area contributed by atoms with Gasteiger partial charge in [-0.2, -0.15) is 0 Å². The average molecular weight is 376 g/mol. The summed E-state index contributed by atoms with van der Waals surface area (Å²) in [6, 6.07) is 12.4. The van der Waals surface area contributed by atoms with Crippen molar-refractivity contribution in [3.8, 4) is 5.75 Å². The minimum Gasteiger partial charge on any atom is -0.484 e. The summed E-state index contributed by atoms with van der Waals surface area (Å²) in [6.45, 7) is -0.246. The number of hydrogen-bond donors (Lipinski definition) is 1. The molecule has 138 valence electrons. The molecule has 0 aliphatic heterocycles. The summed E-state index contributed by atoms with van der Waals surface area (Å²) in [4.78, 5) is 25.6. The van der Waals surface area contributed by atoms with E-state index in [1.807, 2.05) is 0 Å². The molecule has 0 fully saturated rings. The van der Waals surface area contributed by atoms with E-state index in [-0.39, 0.29) is 17.4 Å². The Hall–Kier alpha value is -2.87. The van der Waals surface area contributed by atoms with Crippen LogP contribution < -0.4 is 10.1 Å². The zero-order chi connectivity index (χ0) is 19.3. The molecule has 0 spiro atoms. The van der Waals surface area contributed by atoms with Crippen LogP contribution in [-0.4, -0.2) is 52.1 Å². The highest BCUT2D eigenvalue weighted by Crippen LogP contribution is 2.16. The van der Waals surface area contributed by atoms with Gasteiger partial charge in [-0.25, -0.2) is 8.42 Å². The van der Waals surface area contributed by atoms with E-state index in [0.717, 1.165) is 6.26 Å². The molecule has 0 saturated carbocycles. The van der Waals surface area contributed by atoms with E-state index in [2.05, 4.69) is 5.32 Å². The molecule has 1 N–H and O–H groups in total. The molecule has 0 aromatic heterocycles. The SMILES string of the molecule is CN(C)C(=O)c1cccc(NC(=O)COc2ccc(S(C)(=O)=O)cc2)c1. The standard InChI is InChI=1S/C18H20N2O5S/c1-20(2)18(22)13-5-4-6-14(11-13)19-17(21)12-25-15-7-9-16(10-8-15)26(3,23)24/h4-11H,12H2,1-3H3,(H,19,21). The maximum absolute atomic E-state index is 12.0. The molecule has 0 bridgehead atoms. The highest BCUT2D eigenvalue weighted by atomic mass is 32.2. The predicted octanol–water partition coefficient (Wildman–Crippen LogP) is 1.81. The first-order valence-electron chi connectivity index (χ1n) is 7.71. The summed E-state index contributed by atoms with van der Waals surface area (Å²) < 4.78 is 28.1. The van der Waals surface area contributed by atoms with Crippen molar-refractivity contribution in [2.45, 2.75) is 4.90 Å². The van der Waals surface area contributed by atoms with Crippen LogP contribution in [0.25, 0.3) is 0 Å². The van der Waals surface area contributed by atoms with Gasteiger partial charge in [-0.15, -0.1) is 0 Å². The van der Waals surface area contributed by atoms with E-state index in [0.29, 0.717) is 17.0 Å². The maximum atomic E-state index is 12.0. The van der Waals surface area contributed by atoms with Crippen LogP contribution in [0, 0.1) is 0 Å². The van der Waals surface area contributed by atoms with Crippen LogP contribution in [0.3, 0.4) is 0 Å². The number of nitrogens with zero attached hydrogens (tertiary/aromatic N) is 1. The largest absolute Gasteiger partial charge is 0.484 e. The van der Waals surface area contributed by atoms with Gasteiger partial charge in [0.1, 0.15) is 5.75 Å². The first-order valence-corrected chi connectivity index (χ1v) is 9.60. The molecule has 0 atom stereocenters. The fraction of sp³-hybridized carbons (Fsp3) is 0.222. The third-order valence-electron chi connectivity index (χ3n) is 3.42. The third-order valence-corrected chi connectivity index (χ3v) is 4.55. The summed E-state index contributed by atoms with van der Waals surface area (Å²) >= 11 is 0. The zero-order valence-electron chi connectivity index (χ0n) is 14.7. The van der Waals surface area contributed by atoms with E-state index >= 15 is 0 Å². The van der Waals surface area contributed by atoms with Crippen LogP contribution in [0.2, 0.25) is 0 Å². The summed E-state index contributed by atoms with van der Waals surface area (Å²) in [5.41, 5.74) is 0.948. The van der Waals surface area contributed by atoms with Crippen LogP contribution in [0.15, 0.2) is 53.4 Å². The Labute approximate surface area is 152 Å². The highest BCUT2D eigenvalue weighted by molar-refractivity contribution is 7.90. The maximum Gasteiger partial charge on any atom is 0.262 e. The van der Waals surface area contributed by atoms with Gasteiger partial charge < -0.3 is 15.0 Å². The van der Waals surface area contributed by atoms with Crippen molar-refractivity contribution in [3.05, 3.63) is 54.1 Å². The van der Waals surface area contributed by atoms with E-state index in [4.69, 9.17) is 4.74 Å². The van der Waals surface area contributed by atoms with Gasteiger partial charge in [0.2, 0.25) is 0 Å². The van der Waals surface area contributed by atoms with E-state index < -0.39 is 15.7 Å². The van der Waals surface area contributed by atoms with Crippen molar-refractivity contribution < 1.29 is 22.7 Å². The summed E-state index contributed by atoms with van der Waals surface area (Å²) in [7, 11) is 0.0239. The lowest BCUT2D eigenvalue weighted by Gasteiger charge is -2.12. The van der Waals surface area contributed by atoms with Crippen molar-refractivity contribution in [1.29, 1.82) is 0 Å². The first-order chi connectivity index (χ1) is 12.2. The lowest BCUT2D eigenvalue weighted by atomic mass is 10.2. The molecule has 0 unspecified atom stereocenters. The Balaban J connectivity index is 1.95. The number of amides is 2. The van der Waals surface area contributed by atoms with Crippen molar-refractivity contribution in [2.24, 2.45) is 0 Å². The van der Waals surface area contributed by atoms with Crippen LogP contribution in [0.1, 0.15) is 10.4 Å². The monoisotopic (exact) mass is 376 g/mol. The molecular formula is C18H20N2O5S.